The molecule has 1 aromatic heterocycles. The van der Waals surface area contributed by atoms with Crippen LogP contribution in [0.5, 0.6) is 0 Å². The standard InChI is InChI=1S/C12H18FN3O/c13-11-8-15-5-4-10(11)12(16-14)7-9-3-1-2-6-17-9/h4-5,8-9,12,16H,1-3,6-7,14H2. The topological polar surface area (TPSA) is 60.2 Å². The average molecular weight is 239 g/mol. The molecule has 1 aromatic rings. The monoisotopic (exact) mass is 239 g/mol. The predicted molar refractivity (Wildman–Crippen MR) is 62.5 cm³/mol. The van der Waals surface area contributed by atoms with Gasteiger partial charge in [-0.2, -0.15) is 0 Å². The van der Waals surface area contributed by atoms with Gasteiger partial charge in [0.25, 0.3) is 0 Å². The van der Waals surface area contributed by atoms with Gasteiger partial charge in [0.15, 0.2) is 0 Å². The number of aromatic nitrogens is 1. The first kappa shape index (κ1) is 12.4. The first-order valence-corrected chi connectivity index (χ1v) is 5.98. The smallest absolute Gasteiger partial charge is 0.146 e. The van der Waals surface area contributed by atoms with Gasteiger partial charge in [-0.15, -0.1) is 0 Å². The molecule has 94 valence electrons. The van der Waals surface area contributed by atoms with Crippen LogP contribution in [0.4, 0.5) is 4.39 Å². The zero-order valence-electron chi connectivity index (χ0n) is 9.73. The second kappa shape index (κ2) is 6.05. The summed E-state index contributed by atoms with van der Waals surface area (Å²) in [4.78, 5) is 3.73. The number of nitrogens with zero attached hydrogens (tertiary/aromatic N) is 1. The van der Waals surface area contributed by atoms with Crippen molar-refractivity contribution in [1.82, 2.24) is 10.4 Å². The fourth-order valence-corrected chi connectivity index (χ4v) is 2.21. The normalized spacial score (nSPS) is 22.4. The molecule has 2 heterocycles. The maximum atomic E-state index is 13.6. The lowest BCUT2D eigenvalue weighted by atomic mass is 9.97. The zero-order valence-corrected chi connectivity index (χ0v) is 9.73. The van der Waals surface area contributed by atoms with Crippen molar-refractivity contribution in [2.45, 2.75) is 37.8 Å². The second-order valence-corrected chi connectivity index (χ2v) is 4.34. The Morgan fingerprint density at radius 3 is 3.12 bits per heavy atom. The molecule has 1 fully saturated rings. The minimum absolute atomic E-state index is 0.164. The lowest BCUT2D eigenvalue weighted by Crippen LogP contribution is -2.33. The summed E-state index contributed by atoms with van der Waals surface area (Å²) in [6, 6.07) is 1.43. The highest BCUT2D eigenvalue weighted by Gasteiger charge is 2.21. The Kier molecular flexibility index (Phi) is 4.42. The molecule has 0 bridgehead atoms. The van der Waals surface area contributed by atoms with Crippen molar-refractivity contribution in [3.63, 3.8) is 0 Å². The van der Waals surface area contributed by atoms with Gasteiger partial charge in [0.05, 0.1) is 18.3 Å². The molecule has 2 rings (SSSR count). The molecule has 2 unspecified atom stereocenters. The number of ether oxygens (including phenoxy) is 1. The molecule has 2 atom stereocenters. The number of pyridine rings is 1. The van der Waals surface area contributed by atoms with Crippen LogP contribution in [0.2, 0.25) is 0 Å². The molecular weight excluding hydrogens is 221 g/mol. The van der Waals surface area contributed by atoms with Crippen molar-refractivity contribution in [3.05, 3.63) is 29.8 Å². The summed E-state index contributed by atoms with van der Waals surface area (Å²) in [6.45, 7) is 0.792. The number of hydrogen-bond donors (Lipinski definition) is 2. The lowest BCUT2D eigenvalue weighted by molar-refractivity contribution is 0.00482. The molecule has 1 aliphatic rings. The quantitative estimate of drug-likeness (QED) is 0.620. The number of halogens is 1. The van der Waals surface area contributed by atoms with Crippen molar-refractivity contribution in [2.24, 2.45) is 5.84 Å². The Labute approximate surface area is 100 Å². The molecule has 0 spiro atoms. The van der Waals surface area contributed by atoms with E-state index >= 15 is 0 Å². The van der Waals surface area contributed by atoms with Crippen LogP contribution in [0.15, 0.2) is 18.5 Å². The third-order valence-electron chi connectivity index (χ3n) is 3.15. The Balaban J connectivity index is 2.03. The molecule has 0 aromatic carbocycles. The maximum absolute atomic E-state index is 13.6. The van der Waals surface area contributed by atoms with E-state index in [0.29, 0.717) is 12.0 Å². The minimum atomic E-state index is -0.328. The Hall–Kier alpha value is -1.04. The van der Waals surface area contributed by atoms with Crippen LogP contribution in [0.1, 0.15) is 37.3 Å². The Morgan fingerprint density at radius 1 is 1.59 bits per heavy atom. The van der Waals surface area contributed by atoms with Crippen LogP contribution < -0.4 is 11.3 Å². The van der Waals surface area contributed by atoms with Crippen molar-refractivity contribution < 1.29 is 9.13 Å². The second-order valence-electron chi connectivity index (χ2n) is 4.34. The van der Waals surface area contributed by atoms with Crippen LogP contribution in [-0.2, 0) is 4.74 Å². The Morgan fingerprint density at radius 2 is 2.47 bits per heavy atom. The number of nitrogens with two attached hydrogens (primary N) is 1. The maximum Gasteiger partial charge on any atom is 0.146 e. The molecular formula is C12H18FN3O. The van der Waals surface area contributed by atoms with Crippen molar-refractivity contribution in [1.29, 1.82) is 0 Å². The van der Waals surface area contributed by atoms with Gasteiger partial charge in [-0.05, 0) is 31.7 Å². The molecule has 4 nitrogen and oxygen atoms in total. The minimum Gasteiger partial charge on any atom is -0.378 e. The molecule has 1 saturated heterocycles. The van der Waals surface area contributed by atoms with Crippen LogP contribution in [0.25, 0.3) is 0 Å². The fourth-order valence-electron chi connectivity index (χ4n) is 2.21. The first-order valence-electron chi connectivity index (χ1n) is 5.98. The van der Waals surface area contributed by atoms with Crippen molar-refractivity contribution in [3.8, 4) is 0 Å². The average Bonchev–Trinajstić information content (AvgIpc) is 2.38. The van der Waals surface area contributed by atoms with E-state index in [-0.39, 0.29) is 18.0 Å². The van der Waals surface area contributed by atoms with Gasteiger partial charge in [-0.1, -0.05) is 0 Å². The van der Waals surface area contributed by atoms with E-state index in [1.54, 1.807) is 12.3 Å². The van der Waals surface area contributed by atoms with E-state index < -0.39 is 0 Å². The largest absolute Gasteiger partial charge is 0.378 e. The molecule has 1 aliphatic heterocycles. The van der Waals surface area contributed by atoms with E-state index in [1.807, 2.05) is 0 Å². The number of hydrazine groups is 1. The van der Waals surface area contributed by atoms with Crippen molar-refractivity contribution in [2.75, 3.05) is 6.61 Å². The molecule has 17 heavy (non-hydrogen) atoms. The number of nitrogens with one attached hydrogen (secondary N) is 1. The summed E-state index contributed by atoms with van der Waals surface area (Å²) < 4.78 is 19.2. The first-order chi connectivity index (χ1) is 8.31. The van der Waals surface area contributed by atoms with Gasteiger partial charge >= 0.3 is 0 Å². The third-order valence-corrected chi connectivity index (χ3v) is 3.15. The van der Waals surface area contributed by atoms with E-state index in [0.717, 1.165) is 19.4 Å². The summed E-state index contributed by atoms with van der Waals surface area (Å²) in [7, 11) is 0. The zero-order chi connectivity index (χ0) is 12.1. The molecule has 0 amide bonds. The van der Waals surface area contributed by atoms with E-state index in [1.165, 1.54) is 12.6 Å². The van der Waals surface area contributed by atoms with Crippen LogP contribution >= 0.6 is 0 Å². The summed E-state index contributed by atoms with van der Waals surface area (Å²) in [5.74, 6) is 5.17. The highest BCUT2D eigenvalue weighted by Crippen LogP contribution is 2.25. The molecule has 5 heteroatoms. The van der Waals surface area contributed by atoms with Gasteiger partial charge in [-0.3, -0.25) is 16.3 Å². The highest BCUT2D eigenvalue weighted by atomic mass is 19.1. The number of hydrogen-bond acceptors (Lipinski definition) is 4. The van der Waals surface area contributed by atoms with E-state index in [4.69, 9.17) is 10.6 Å². The SMILES string of the molecule is NNC(CC1CCCCO1)c1ccncc1F. The van der Waals surface area contributed by atoms with Crippen LogP contribution in [-0.4, -0.2) is 17.7 Å². The van der Waals surface area contributed by atoms with E-state index in [2.05, 4.69) is 10.4 Å². The summed E-state index contributed by atoms with van der Waals surface area (Å²) >= 11 is 0. The molecule has 0 radical (unpaired) electrons. The molecule has 3 N–H and O–H groups in total. The van der Waals surface area contributed by atoms with Crippen molar-refractivity contribution >= 4 is 0 Å². The Bertz CT molecular complexity index is 355. The molecule has 0 aliphatic carbocycles. The summed E-state index contributed by atoms with van der Waals surface area (Å²) in [6.07, 6.45) is 6.94. The lowest BCUT2D eigenvalue weighted by Gasteiger charge is -2.26. The predicted octanol–water partition coefficient (Wildman–Crippen LogP) is 1.68. The van der Waals surface area contributed by atoms with Gasteiger partial charge < -0.3 is 4.74 Å². The summed E-state index contributed by atoms with van der Waals surface area (Å²) in [5, 5.41) is 0. The third kappa shape index (κ3) is 3.21. The van der Waals surface area contributed by atoms with Gasteiger partial charge in [-0.25, -0.2) is 4.39 Å². The highest BCUT2D eigenvalue weighted by molar-refractivity contribution is 5.17. The van der Waals surface area contributed by atoms with Gasteiger partial charge in [0, 0.05) is 18.4 Å². The van der Waals surface area contributed by atoms with Crippen LogP contribution in [0, 0.1) is 5.82 Å². The fraction of sp³-hybridized carbons (Fsp3) is 0.583. The van der Waals surface area contributed by atoms with Crippen LogP contribution in [0.3, 0.4) is 0 Å². The van der Waals surface area contributed by atoms with Gasteiger partial charge in [0.1, 0.15) is 5.82 Å². The van der Waals surface area contributed by atoms with Gasteiger partial charge in [0.2, 0.25) is 0 Å². The summed E-state index contributed by atoms with van der Waals surface area (Å²) in [5.41, 5.74) is 3.21. The number of rotatable bonds is 4. The molecule has 0 saturated carbocycles. The van der Waals surface area contributed by atoms with E-state index in [9.17, 15) is 4.39 Å².